The number of aromatic carboxylic acids is 1. The summed E-state index contributed by atoms with van der Waals surface area (Å²) in [6, 6.07) is 6.19. The first kappa shape index (κ1) is 16.3. The summed E-state index contributed by atoms with van der Waals surface area (Å²) in [5.74, 6) is -1.00. The zero-order valence-corrected chi connectivity index (χ0v) is 13.5. The fourth-order valence-corrected chi connectivity index (χ4v) is 3.00. The number of benzene rings is 1. The van der Waals surface area contributed by atoms with Gasteiger partial charge in [-0.3, -0.25) is 0 Å². The second-order valence-electron chi connectivity index (χ2n) is 6.12. The second kappa shape index (κ2) is 6.52. The lowest BCUT2D eigenvalue weighted by Gasteiger charge is -2.36. The van der Waals surface area contributed by atoms with Crippen molar-refractivity contribution in [2.75, 3.05) is 18.0 Å². The Labute approximate surface area is 139 Å². The highest BCUT2D eigenvalue weighted by molar-refractivity contribution is 5.94. The van der Waals surface area contributed by atoms with Crippen molar-refractivity contribution in [1.29, 1.82) is 0 Å². The van der Waals surface area contributed by atoms with Gasteiger partial charge in [0, 0.05) is 36.9 Å². The molecule has 2 heterocycles. The molecule has 3 rings (SSSR count). The highest BCUT2D eigenvalue weighted by atomic mass is 19.1. The first-order valence-electron chi connectivity index (χ1n) is 7.81. The number of halogens is 1. The number of piperazine rings is 1. The Bertz CT molecular complexity index is 741. The summed E-state index contributed by atoms with van der Waals surface area (Å²) in [6.07, 6.45) is 1.32. The van der Waals surface area contributed by atoms with Crippen molar-refractivity contribution >= 4 is 11.9 Å². The number of rotatable bonds is 3. The second-order valence-corrected chi connectivity index (χ2v) is 6.12. The van der Waals surface area contributed by atoms with E-state index in [4.69, 9.17) is 0 Å². The molecule has 1 aliphatic rings. The molecular formula is C17H19FN4O2. The van der Waals surface area contributed by atoms with Crippen LogP contribution >= 0.6 is 0 Å². The molecule has 1 fully saturated rings. The first-order valence-corrected chi connectivity index (χ1v) is 7.81. The summed E-state index contributed by atoms with van der Waals surface area (Å²) in [5, 5.41) is 12.8. The standard InChI is InChI=1S/C17H19FN4O2/c1-10-8-22(9-11(2)20-10)17-19-7-14(16(23)24)15(21-17)12-3-5-13(18)6-4-12/h3-7,10-11,20H,8-9H2,1-2H3,(H,23,24)/t10-,11+. The van der Waals surface area contributed by atoms with Gasteiger partial charge in [-0.2, -0.15) is 0 Å². The van der Waals surface area contributed by atoms with E-state index in [2.05, 4.69) is 29.1 Å². The Balaban J connectivity index is 2.02. The molecule has 1 saturated heterocycles. The Kier molecular flexibility index (Phi) is 4.44. The third-order valence-corrected chi connectivity index (χ3v) is 3.96. The van der Waals surface area contributed by atoms with Crippen LogP contribution in [0.1, 0.15) is 24.2 Å². The number of carboxylic acids is 1. The zero-order valence-electron chi connectivity index (χ0n) is 13.5. The van der Waals surface area contributed by atoms with Crippen molar-refractivity contribution in [3.05, 3.63) is 41.8 Å². The lowest BCUT2D eigenvalue weighted by atomic mass is 10.1. The Hall–Kier alpha value is -2.54. The van der Waals surface area contributed by atoms with Gasteiger partial charge in [0.1, 0.15) is 11.4 Å². The summed E-state index contributed by atoms with van der Waals surface area (Å²) in [4.78, 5) is 22.2. The van der Waals surface area contributed by atoms with Gasteiger partial charge in [-0.25, -0.2) is 19.2 Å². The number of hydrogen-bond acceptors (Lipinski definition) is 5. The summed E-state index contributed by atoms with van der Waals surface area (Å²) in [5.41, 5.74) is 0.849. The average Bonchev–Trinajstić information content (AvgIpc) is 2.54. The van der Waals surface area contributed by atoms with Gasteiger partial charge in [0.15, 0.2) is 0 Å². The molecule has 0 amide bonds. The molecule has 0 aliphatic carbocycles. The summed E-state index contributed by atoms with van der Waals surface area (Å²) in [6.45, 7) is 5.63. The fraction of sp³-hybridized carbons (Fsp3) is 0.353. The third kappa shape index (κ3) is 3.35. The number of carbonyl (C=O) groups is 1. The minimum absolute atomic E-state index is 0.00147. The summed E-state index contributed by atoms with van der Waals surface area (Å²) >= 11 is 0. The SMILES string of the molecule is C[C@@H]1CN(c2ncc(C(=O)O)c(-c3ccc(F)cc3)n2)C[C@H](C)N1. The molecule has 0 radical (unpaired) electrons. The topological polar surface area (TPSA) is 78.4 Å². The number of nitrogens with zero attached hydrogens (tertiary/aromatic N) is 3. The average molecular weight is 330 g/mol. The van der Waals surface area contributed by atoms with E-state index in [1.54, 1.807) is 0 Å². The Morgan fingerprint density at radius 1 is 1.25 bits per heavy atom. The predicted octanol–water partition coefficient (Wildman–Crippen LogP) is 2.17. The van der Waals surface area contributed by atoms with Crippen LogP contribution in [0.25, 0.3) is 11.3 Å². The smallest absolute Gasteiger partial charge is 0.339 e. The Morgan fingerprint density at radius 2 is 1.88 bits per heavy atom. The summed E-state index contributed by atoms with van der Waals surface area (Å²) in [7, 11) is 0. The molecule has 1 aromatic carbocycles. The van der Waals surface area contributed by atoms with Gasteiger partial charge in [0.2, 0.25) is 5.95 Å². The van der Waals surface area contributed by atoms with Gasteiger partial charge in [0.25, 0.3) is 0 Å². The maximum atomic E-state index is 13.2. The van der Waals surface area contributed by atoms with Crippen molar-refractivity contribution in [2.24, 2.45) is 0 Å². The highest BCUT2D eigenvalue weighted by Crippen LogP contribution is 2.24. The number of aromatic nitrogens is 2. The van der Waals surface area contributed by atoms with Crippen LogP contribution in [0.3, 0.4) is 0 Å². The van der Waals surface area contributed by atoms with Crippen LogP contribution in [0.15, 0.2) is 30.5 Å². The number of nitrogens with one attached hydrogen (secondary N) is 1. The van der Waals surface area contributed by atoms with Crippen molar-refractivity contribution in [3.8, 4) is 11.3 Å². The number of anilines is 1. The maximum Gasteiger partial charge on any atom is 0.339 e. The molecular weight excluding hydrogens is 311 g/mol. The van der Waals surface area contributed by atoms with Gasteiger partial charge in [0.05, 0.1) is 5.69 Å². The van der Waals surface area contributed by atoms with Crippen LogP contribution in [-0.4, -0.2) is 46.2 Å². The first-order chi connectivity index (χ1) is 11.4. The summed E-state index contributed by atoms with van der Waals surface area (Å²) < 4.78 is 13.2. The molecule has 24 heavy (non-hydrogen) atoms. The number of hydrogen-bond donors (Lipinski definition) is 2. The van der Waals surface area contributed by atoms with Gasteiger partial charge in [-0.15, -0.1) is 0 Å². The van der Waals surface area contributed by atoms with Crippen LogP contribution < -0.4 is 10.2 Å². The molecule has 7 heteroatoms. The van der Waals surface area contributed by atoms with Gasteiger partial charge < -0.3 is 15.3 Å². The molecule has 0 bridgehead atoms. The van der Waals surface area contributed by atoms with E-state index in [1.807, 2.05) is 4.90 Å². The van der Waals surface area contributed by atoms with Crippen LogP contribution in [-0.2, 0) is 0 Å². The lowest BCUT2D eigenvalue weighted by Crippen LogP contribution is -2.54. The fourth-order valence-electron chi connectivity index (χ4n) is 3.00. The van der Waals surface area contributed by atoms with Crippen molar-refractivity contribution in [3.63, 3.8) is 0 Å². The Morgan fingerprint density at radius 3 is 2.46 bits per heavy atom. The molecule has 2 atom stereocenters. The minimum atomic E-state index is -1.11. The molecule has 0 spiro atoms. The maximum absolute atomic E-state index is 13.2. The van der Waals surface area contributed by atoms with Crippen LogP contribution in [0.2, 0.25) is 0 Å². The lowest BCUT2D eigenvalue weighted by molar-refractivity contribution is 0.0697. The highest BCUT2D eigenvalue weighted by Gasteiger charge is 2.24. The van der Waals surface area contributed by atoms with Crippen LogP contribution in [0, 0.1) is 5.82 Å². The monoisotopic (exact) mass is 330 g/mol. The molecule has 1 aliphatic heterocycles. The van der Waals surface area contributed by atoms with E-state index in [-0.39, 0.29) is 23.5 Å². The van der Waals surface area contributed by atoms with Gasteiger partial charge in [-0.1, -0.05) is 0 Å². The van der Waals surface area contributed by atoms with E-state index >= 15 is 0 Å². The van der Waals surface area contributed by atoms with Crippen molar-refractivity contribution < 1.29 is 14.3 Å². The van der Waals surface area contributed by atoms with Gasteiger partial charge in [-0.05, 0) is 38.1 Å². The molecule has 126 valence electrons. The predicted molar refractivity (Wildman–Crippen MR) is 88.7 cm³/mol. The molecule has 6 nitrogen and oxygen atoms in total. The minimum Gasteiger partial charge on any atom is -0.478 e. The molecule has 2 N–H and O–H groups in total. The largest absolute Gasteiger partial charge is 0.478 e. The normalized spacial score (nSPS) is 20.9. The van der Waals surface area contributed by atoms with E-state index < -0.39 is 5.97 Å². The molecule has 0 saturated carbocycles. The molecule has 0 unspecified atom stereocenters. The van der Waals surface area contributed by atoms with Gasteiger partial charge >= 0.3 is 5.97 Å². The van der Waals surface area contributed by atoms with E-state index in [9.17, 15) is 14.3 Å². The quantitative estimate of drug-likeness (QED) is 0.898. The zero-order chi connectivity index (χ0) is 17.3. The van der Waals surface area contributed by atoms with Crippen molar-refractivity contribution in [2.45, 2.75) is 25.9 Å². The van der Waals surface area contributed by atoms with Crippen molar-refractivity contribution in [1.82, 2.24) is 15.3 Å². The van der Waals surface area contributed by atoms with Crippen LogP contribution in [0.5, 0.6) is 0 Å². The van der Waals surface area contributed by atoms with E-state index in [1.165, 1.54) is 30.5 Å². The van der Waals surface area contributed by atoms with E-state index in [0.717, 1.165) is 13.1 Å². The third-order valence-electron chi connectivity index (χ3n) is 3.96. The molecule has 1 aromatic heterocycles. The number of carboxylic acid groups (broad SMARTS) is 1. The van der Waals surface area contributed by atoms with E-state index in [0.29, 0.717) is 17.2 Å². The molecule has 2 aromatic rings. The van der Waals surface area contributed by atoms with Crippen LogP contribution in [0.4, 0.5) is 10.3 Å².